The number of nitrogens with zero attached hydrogens (tertiary/aromatic N) is 1. The Morgan fingerprint density at radius 2 is 2.33 bits per heavy atom. The van der Waals surface area contributed by atoms with E-state index < -0.39 is 6.04 Å². The molecule has 1 aromatic rings. The number of likely N-dealkylation sites (tertiary alicyclic amines) is 1. The Bertz CT molecular complexity index is 416. The van der Waals surface area contributed by atoms with Gasteiger partial charge in [-0.25, -0.2) is 4.79 Å². The monoisotopic (exact) mass is 267 g/mol. The molecule has 98 valence electrons. The van der Waals surface area contributed by atoms with Crippen molar-refractivity contribution in [1.82, 2.24) is 4.90 Å². The minimum absolute atomic E-state index is 0.0530. The van der Waals surface area contributed by atoms with Gasteiger partial charge in [-0.15, -0.1) is 11.3 Å². The van der Waals surface area contributed by atoms with E-state index in [1.165, 1.54) is 11.3 Å². The zero-order chi connectivity index (χ0) is 13.0. The molecule has 1 aliphatic rings. The average molecular weight is 267 g/mol. The van der Waals surface area contributed by atoms with Crippen LogP contribution in [0.2, 0.25) is 0 Å². The number of hydrogen-bond donors (Lipinski definition) is 0. The second-order valence-electron chi connectivity index (χ2n) is 4.24. The summed E-state index contributed by atoms with van der Waals surface area (Å²) >= 11 is 1.41. The van der Waals surface area contributed by atoms with Crippen LogP contribution < -0.4 is 0 Å². The van der Waals surface area contributed by atoms with Crippen molar-refractivity contribution in [3.8, 4) is 0 Å². The molecule has 1 amide bonds. The van der Waals surface area contributed by atoms with Gasteiger partial charge in [-0.05, 0) is 37.6 Å². The first kappa shape index (κ1) is 13.1. The predicted octanol–water partition coefficient (Wildman–Crippen LogP) is 2.31. The van der Waals surface area contributed by atoms with E-state index >= 15 is 0 Å². The third kappa shape index (κ3) is 2.72. The molecule has 0 N–H and O–H groups in total. The van der Waals surface area contributed by atoms with Crippen LogP contribution in [0.3, 0.4) is 0 Å². The van der Waals surface area contributed by atoms with Crippen molar-refractivity contribution in [3.05, 3.63) is 22.4 Å². The molecule has 1 fully saturated rings. The van der Waals surface area contributed by atoms with Crippen LogP contribution in [-0.2, 0) is 9.53 Å². The summed E-state index contributed by atoms with van der Waals surface area (Å²) < 4.78 is 5.05. The van der Waals surface area contributed by atoms with E-state index in [0.717, 1.165) is 12.8 Å². The van der Waals surface area contributed by atoms with Crippen LogP contribution in [0.4, 0.5) is 0 Å². The fourth-order valence-corrected chi connectivity index (χ4v) is 2.88. The Balaban J connectivity index is 2.12. The van der Waals surface area contributed by atoms with Crippen molar-refractivity contribution in [3.63, 3.8) is 0 Å². The number of piperidine rings is 1. The fraction of sp³-hybridized carbons (Fsp3) is 0.538. The summed E-state index contributed by atoms with van der Waals surface area (Å²) in [7, 11) is 0. The summed E-state index contributed by atoms with van der Waals surface area (Å²) in [6.07, 6.45) is 2.63. The van der Waals surface area contributed by atoms with Gasteiger partial charge in [0.25, 0.3) is 5.91 Å². The van der Waals surface area contributed by atoms with Crippen LogP contribution in [0.15, 0.2) is 17.5 Å². The molecule has 2 rings (SSSR count). The lowest BCUT2D eigenvalue weighted by molar-refractivity contribution is -0.149. The van der Waals surface area contributed by atoms with Crippen LogP contribution in [0.1, 0.15) is 35.9 Å². The quantitative estimate of drug-likeness (QED) is 0.789. The summed E-state index contributed by atoms with van der Waals surface area (Å²) in [6, 6.07) is 3.23. The zero-order valence-electron chi connectivity index (χ0n) is 10.4. The van der Waals surface area contributed by atoms with Crippen molar-refractivity contribution < 1.29 is 14.3 Å². The van der Waals surface area contributed by atoms with Crippen molar-refractivity contribution in [1.29, 1.82) is 0 Å². The predicted molar refractivity (Wildman–Crippen MR) is 69.6 cm³/mol. The summed E-state index contributed by atoms with van der Waals surface area (Å²) in [5, 5.41) is 1.87. The SMILES string of the molecule is CCOC(=O)C1CCCCN1C(=O)c1cccs1. The lowest BCUT2D eigenvalue weighted by Crippen LogP contribution is -2.48. The van der Waals surface area contributed by atoms with Gasteiger partial charge in [0, 0.05) is 6.54 Å². The number of ether oxygens (including phenoxy) is 1. The fourth-order valence-electron chi connectivity index (χ4n) is 2.20. The highest BCUT2D eigenvalue weighted by molar-refractivity contribution is 7.12. The first-order chi connectivity index (χ1) is 8.74. The van der Waals surface area contributed by atoms with Gasteiger partial charge in [0.1, 0.15) is 6.04 Å². The maximum absolute atomic E-state index is 12.3. The third-order valence-corrected chi connectivity index (χ3v) is 3.91. The van der Waals surface area contributed by atoms with E-state index in [4.69, 9.17) is 4.74 Å². The molecule has 0 aromatic carbocycles. The van der Waals surface area contributed by atoms with Crippen molar-refractivity contribution >= 4 is 23.2 Å². The van der Waals surface area contributed by atoms with E-state index in [1.807, 2.05) is 11.4 Å². The number of thiophene rings is 1. The van der Waals surface area contributed by atoms with Gasteiger partial charge in [0.2, 0.25) is 0 Å². The largest absolute Gasteiger partial charge is 0.464 e. The number of hydrogen-bond acceptors (Lipinski definition) is 4. The Morgan fingerprint density at radius 3 is 3.00 bits per heavy atom. The second kappa shape index (κ2) is 6.00. The second-order valence-corrected chi connectivity index (χ2v) is 5.19. The minimum atomic E-state index is -0.409. The Labute approximate surface area is 111 Å². The van der Waals surface area contributed by atoms with Crippen LogP contribution >= 0.6 is 11.3 Å². The molecule has 18 heavy (non-hydrogen) atoms. The van der Waals surface area contributed by atoms with E-state index in [2.05, 4.69) is 0 Å². The molecule has 0 saturated carbocycles. The van der Waals surface area contributed by atoms with Crippen LogP contribution in [0.5, 0.6) is 0 Å². The van der Waals surface area contributed by atoms with Crippen molar-refractivity contribution in [2.45, 2.75) is 32.2 Å². The molecule has 0 radical (unpaired) electrons. The van der Waals surface area contributed by atoms with Crippen molar-refractivity contribution in [2.24, 2.45) is 0 Å². The van der Waals surface area contributed by atoms with Gasteiger partial charge in [-0.2, -0.15) is 0 Å². The van der Waals surface area contributed by atoms with Gasteiger partial charge in [-0.3, -0.25) is 4.79 Å². The standard InChI is InChI=1S/C13H17NO3S/c1-2-17-13(16)10-6-3-4-8-14(10)12(15)11-7-5-9-18-11/h5,7,9-10H,2-4,6,8H2,1H3. The third-order valence-electron chi connectivity index (χ3n) is 3.05. The zero-order valence-corrected chi connectivity index (χ0v) is 11.2. The number of esters is 1. The van der Waals surface area contributed by atoms with E-state index in [9.17, 15) is 9.59 Å². The summed E-state index contributed by atoms with van der Waals surface area (Å²) in [6.45, 7) is 2.78. The molecule has 0 aliphatic carbocycles. The lowest BCUT2D eigenvalue weighted by Gasteiger charge is -2.33. The molecule has 1 atom stereocenters. The van der Waals surface area contributed by atoms with E-state index in [1.54, 1.807) is 17.9 Å². The summed E-state index contributed by atoms with van der Waals surface area (Å²) in [4.78, 5) is 26.5. The topological polar surface area (TPSA) is 46.6 Å². The Hall–Kier alpha value is -1.36. The van der Waals surface area contributed by atoms with Crippen LogP contribution in [0.25, 0.3) is 0 Å². The highest BCUT2D eigenvalue weighted by Crippen LogP contribution is 2.22. The molecular formula is C13H17NO3S. The van der Waals surface area contributed by atoms with Gasteiger partial charge >= 0.3 is 5.97 Å². The Kier molecular flexibility index (Phi) is 4.36. The van der Waals surface area contributed by atoms with Gasteiger partial charge in [0.15, 0.2) is 0 Å². The Morgan fingerprint density at radius 1 is 1.50 bits per heavy atom. The average Bonchev–Trinajstić information content (AvgIpc) is 2.92. The molecule has 2 heterocycles. The molecular weight excluding hydrogens is 250 g/mol. The van der Waals surface area contributed by atoms with Crippen LogP contribution in [0, 0.1) is 0 Å². The van der Waals surface area contributed by atoms with Gasteiger partial charge < -0.3 is 9.64 Å². The molecule has 5 heteroatoms. The lowest BCUT2D eigenvalue weighted by atomic mass is 10.0. The molecule has 1 aliphatic heterocycles. The number of amides is 1. The summed E-state index contributed by atoms with van der Waals surface area (Å²) in [5.74, 6) is -0.329. The molecule has 1 unspecified atom stereocenters. The molecule has 0 spiro atoms. The van der Waals surface area contributed by atoms with Crippen LogP contribution in [-0.4, -0.2) is 36.0 Å². The molecule has 4 nitrogen and oxygen atoms in total. The normalized spacial score (nSPS) is 19.6. The molecule has 0 bridgehead atoms. The highest BCUT2D eigenvalue weighted by Gasteiger charge is 2.33. The first-order valence-electron chi connectivity index (χ1n) is 6.25. The smallest absolute Gasteiger partial charge is 0.328 e. The number of carbonyl (C=O) groups excluding carboxylic acids is 2. The maximum atomic E-state index is 12.3. The van der Waals surface area contributed by atoms with Gasteiger partial charge in [0.05, 0.1) is 11.5 Å². The van der Waals surface area contributed by atoms with Gasteiger partial charge in [-0.1, -0.05) is 6.07 Å². The first-order valence-corrected chi connectivity index (χ1v) is 7.13. The maximum Gasteiger partial charge on any atom is 0.328 e. The number of carbonyl (C=O) groups is 2. The number of rotatable bonds is 3. The molecule has 1 aromatic heterocycles. The minimum Gasteiger partial charge on any atom is -0.464 e. The molecule has 1 saturated heterocycles. The van der Waals surface area contributed by atoms with Crippen molar-refractivity contribution in [2.75, 3.05) is 13.2 Å². The highest BCUT2D eigenvalue weighted by atomic mass is 32.1. The van der Waals surface area contributed by atoms with E-state index in [-0.39, 0.29) is 11.9 Å². The van der Waals surface area contributed by atoms with E-state index in [0.29, 0.717) is 24.4 Å². The summed E-state index contributed by atoms with van der Waals surface area (Å²) in [5.41, 5.74) is 0.